The van der Waals surface area contributed by atoms with E-state index in [1.165, 1.54) is 32.2 Å². The standard InChI is InChI=1S/C12H27O4P.C11H21N2/c1-3-5-7-9-11-15-17(13,14)16-12-10-8-6-4-2;1-3-5-6-7-8-13-10-9-12(4-2)11-13/h3-12H2,1-2H3,(H,13,14);9-11H,3-8H2,1-2H3/q;+1/p-1. The van der Waals surface area contributed by atoms with E-state index in [0.29, 0.717) is 0 Å². The number of phosphoric ester groups is 1. The molecule has 0 amide bonds. The molecular formula is C23H47N2O4P. The van der Waals surface area contributed by atoms with Crippen LogP contribution in [0.5, 0.6) is 0 Å². The zero-order valence-corrected chi connectivity index (χ0v) is 20.9. The zero-order chi connectivity index (χ0) is 22.5. The molecule has 0 aromatic carbocycles. The van der Waals surface area contributed by atoms with Gasteiger partial charge in [-0.1, -0.05) is 72.1 Å². The predicted molar refractivity (Wildman–Crippen MR) is 122 cm³/mol. The zero-order valence-electron chi connectivity index (χ0n) is 20.0. The molecule has 0 radical (unpaired) electrons. The van der Waals surface area contributed by atoms with Crippen molar-refractivity contribution in [1.29, 1.82) is 0 Å². The Morgan fingerprint density at radius 2 is 1.30 bits per heavy atom. The largest absolute Gasteiger partial charge is 0.756 e. The highest BCUT2D eigenvalue weighted by Crippen LogP contribution is 2.38. The van der Waals surface area contributed by atoms with E-state index in [0.717, 1.165) is 57.9 Å². The molecule has 0 saturated heterocycles. The summed E-state index contributed by atoms with van der Waals surface area (Å²) in [6, 6.07) is 0. The Morgan fingerprint density at radius 3 is 1.73 bits per heavy atom. The summed E-state index contributed by atoms with van der Waals surface area (Å²) in [5, 5.41) is 0. The Balaban J connectivity index is 0.000000579. The summed E-state index contributed by atoms with van der Waals surface area (Å²) in [7, 11) is -4.04. The van der Waals surface area contributed by atoms with Crippen LogP contribution in [0.25, 0.3) is 0 Å². The van der Waals surface area contributed by atoms with Gasteiger partial charge in [-0.3, -0.25) is 4.57 Å². The van der Waals surface area contributed by atoms with Gasteiger partial charge in [-0.05, 0) is 32.6 Å². The monoisotopic (exact) mass is 446 g/mol. The fourth-order valence-electron chi connectivity index (χ4n) is 2.93. The minimum absolute atomic E-state index is 0.246. The third-order valence-corrected chi connectivity index (χ3v) is 5.87. The molecule has 0 spiro atoms. The van der Waals surface area contributed by atoms with Gasteiger partial charge in [-0.15, -0.1) is 0 Å². The van der Waals surface area contributed by atoms with E-state index in [4.69, 9.17) is 9.05 Å². The lowest BCUT2D eigenvalue weighted by molar-refractivity contribution is -0.696. The Morgan fingerprint density at radius 1 is 0.800 bits per heavy atom. The maximum Gasteiger partial charge on any atom is 0.267 e. The molecule has 30 heavy (non-hydrogen) atoms. The van der Waals surface area contributed by atoms with Crippen LogP contribution < -0.4 is 9.46 Å². The minimum atomic E-state index is -4.04. The molecule has 1 rings (SSSR count). The van der Waals surface area contributed by atoms with Crippen LogP contribution in [-0.4, -0.2) is 17.8 Å². The topological polar surface area (TPSA) is 67.4 Å². The number of hydrogen-bond donors (Lipinski definition) is 0. The fourth-order valence-corrected chi connectivity index (χ4v) is 3.71. The molecular weight excluding hydrogens is 399 g/mol. The number of nitrogens with zero attached hydrogens (tertiary/aromatic N) is 2. The lowest BCUT2D eigenvalue weighted by Gasteiger charge is -2.22. The van der Waals surface area contributed by atoms with E-state index in [1.54, 1.807) is 0 Å². The van der Waals surface area contributed by atoms with Crippen LogP contribution in [0.2, 0.25) is 0 Å². The van der Waals surface area contributed by atoms with Gasteiger partial charge in [-0.25, -0.2) is 9.13 Å². The van der Waals surface area contributed by atoms with Crippen LogP contribution in [0.3, 0.4) is 0 Å². The summed E-state index contributed by atoms with van der Waals surface area (Å²) in [6.07, 6.45) is 19.9. The first-order valence-electron chi connectivity index (χ1n) is 12.1. The first kappa shape index (κ1) is 29.3. The Labute approximate surface area is 185 Å². The fraction of sp³-hybridized carbons (Fsp3) is 0.870. The van der Waals surface area contributed by atoms with Crippen molar-refractivity contribution >= 4 is 7.82 Å². The van der Waals surface area contributed by atoms with Gasteiger partial charge < -0.3 is 13.9 Å². The highest BCUT2D eigenvalue weighted by molar-refractivity contribution is 7.45. The van der Waals surface area contributed by atoms with Crippen molar-refractivity contribution in [1.82, 2.24) is 4.57 Å². The third-order valence-electron chi connectivity index (χ3n) is 4.88. The van der Waals surface area contributed by atoms with E-state index in [-0.39, 0.29) is 13.2 Å². The lowest BCUT2D eigenvalue weighted by atomic mass is 10.2. The number of aromatic nitrogens is 2. The first-order chi connectivity index (χ1) is 14.5. The summed E-state index contributed by atoms with van der Waals surface area (Å²) in [5.41, 5.74) is 0. The third kappa shape index (κ3) is 18.1. The van der Waals surface area contributed by atoms with Crippen molar-refractivity contribution in [3.8, 4) is 0 Å². The highest BCUT2D eigenvalue weighted by Gasteiger charge is 2.08. The van der Waals surface area contributed by atoms with Gasteiger partial charge in [0.1, 0.15) is 12.4 Å². The van der Waals surface area contributed by atoms with Gasteiger partial charge in [0, 0.05) is 0 Å². The van der Waals surface area contributed by atoms with Gasteiger partial charge in [0.25, 0.3) is 7.82 Å². The minimum Gasteiger partial charge on any atom is -0.756 e. The summed E-state index contributed by atoms with van der Waals surface area (Å²) >= 11 is 0. The van der Waals surface area contributed by atoms with Crippen LogP contribution in [-0.2, 0) is 26.7 Å². The molecule has 0 aliphatic rings. The number of unbranched alkanes of at least 4 members (excludes halogenated alkanes) is 9. The number of hydrogen-bond acceptors (Lipinski definition) is 4. The van der Waals surface area contributed by atoms with Crippen LogP contribution in [0.15, 0.2) is 18.7 Å². The van der Waals surface area contributed by atoms with Gasteiger partial charge in [-0.2, -0.15) is 0 Å². The Kier molecular flexibility index (Phi) is 19.8. The molecule has 0 aliphatic heterocycles. The predicted octanol–water partition coefficient (Wildman–Crippen LogP) is 6.02. The molecule has 6 nitrogen and oxygen atoms in total. The second-order valence-corrected chi connectivity index (χ2v) is 9.19. The smallest absolute Gasteiger partial charge is 0.267 e. The maximum absolute atomic E-state index is 11.3. The molecule has 0 bridgehead atoms. The van der Waals surface area contributed by atoms with Crippen LogP contribution in [0.1, 0.15) is 105 Å². The van der Waals surface area contributed by atoms with Gasteiger partial charge in [0.05, 0.1) is 26.3 Å². The van der Waals surface area contributed by atoms with Crippen LogP contribution in [0.4, 0.5) is 0 Å². The molecule has 0 saturated carbocycles. The molecule has 1 aromatic heterocycles. The summed E-state index contributed by atoms with van der Waals surface area (Å²) in [5.74, 6) is 0. The summed E-state index contributed by atoms with van der Waals surface area (Å²) < 4.78 is 25.3. The van der Waals surface area contributed by atoms with Crippen molar-refractivity contribution in [2.45, 2.75) is 118 Å². The van der Waals surface area contributed by atoms with E-state index in [9.17, 15) is 9.46 Å². The Bertz CT molecular complexity index is 519. The van der Waals surface area contributed by atoms with E-state index >= 15 is 0 Å². The normalized spacial score (nSPS) is 11.4. The van der Waals surface area contributed by atoms with Gasteiger partial charge in [0.2, 0.25) is 6.33 Å². The maximum atomic E-state index is 11.3. The Hall–Kier alpha value is -0.680. The van der Waals surface area contributed by atoms with Crippen molar-refractivity contribution in [3.05, 3.63) is 18.7 Å². The molecule has 0 N–H and O–H groups in total. The quantitative estimate of drug-likeness (QED) is 0.157. The lowest BCUT2D eigenvalue weighted by Crippen LogP contribution is -2.30. The SMILES string of the molecule is CCCCCCOP(=O)([O-])OCCCCCC.CCCCCC[n+]1ccn(CC)c1. The highest BCUT2D eigenvalue weighted by atomic mass is 31.2. The summed E-state index contributed by atoms with van der Waals surface area (Å²) in [6.45, 7) is 11.4. The average Bonchev–Trinajstić information content (AvgIpc) is 3.19. The molecule has 0 aliphatic carbocycles. The molecule has 1 heterocycles. The van der Waals surface area contributed by atoms with Crippen LogP contribution in [0, 0.1) is 0 Å². The number of imidazole rings is 1. The van der Waals surface area contributed by atoms with Crippen molar-refractivity contribution in [2.75, 3.05) is 13.2 Å². The number of rotatable bonds is 18. The van der Waals surface area contributed by atoms with Gasteiger partial charge in [0.15, 0.2) is 0 Å². The first-order valence-corrected chi connectivity index (χ1v) is 13.6. The average molecular weight is 447 g/mol. The number of phosphoric acid groups is 1. The molecule has 0 fully saturated rings. The van der Waals surface area contributed by atoms with Crippen molar-refractivity contribution in [2.24, 2.45) is 0 Å². The number of aryl methyl sites for hydroxylation is 2. The molecule has 0 atom stereocenters. The molecule has 7 heteroatoms. The van der Waals surface area contributed by atoms with Crippen molar-refractivity contribution in [3.63, 3.8) is 0 Å². The molecule has 0 unspecified atom stereocenters. The summed E-state index contributed by atoms with van der Waals surface area (Å²) in [4.78, 5) is 11.3. The van der Waals surface area contributed by atoms with E-state index < -0.39 is 7.82 Å². The van der Waals surface area contributed by atoms with E-state index in [2.05, 4.69) is 55.6 Å². The van der Waals surface area contributed by atoms with Crippen LogP contribution >= 0.6 is 7.82 Å². The van der Waals surface area contributed by atoms with E-state index in [1.807, 2.05) is 0 Å². The second-order valence-electron chi connectivity index (χ2n) is 7.78. The van der Waals surface area contributed by atoms with Gasteiger partial charge >= 0.3 is 0 Å². The second kappa shape index (κ2) is 20.2. The molecule has 178 valence electrons. The van der Waals surface area contributed by atoms with Crippen molar-refractivity contribution < 1.29 is 23.1 Å². The molecule has 1 aromatic rings.